The lowest BCUT2D eigenvalue weighted by Crippen LogP contribution is -2.29. The van der Waals surface area contributed by atoms with E-state index in [2.05, 4.69) is 10.3 Å². The zero-order chi connectivity index (χ0) is 12.3. The van der Waals surface area contributed by atoms with Gasteiger partial charge >= 0.3 is 0 Å². The van der Waals surface area contributed by atoms with Crippen LogP contribution in [0.2, 0.25) is 0 Å². The first-order chi connectivity index (χ1) is 8.19. The molecule has 0 radical (unpaired) electrons. The fraction of sp³-hybridized carbons (Fsp3) is 0.615. The van der Waals surface area contributed by atoms with Crippen molar-refractivity contribution in [2.45, 2.75) is 51.3 Å². The van der Waals surface area contributed by atoms with Crippen molar-refractivity contribution < 1.29 is 5.11 Å². The van der Waals surface area contributed by atoms with Gasteiger partial charge in [0.2, 0.25) is 0 Å². The average molecular weight is 235 g/mol. The molecule has 0 aromatic carbocycles. The smallest absolute Gasteiger partial charge is 0.130 e. The van der Waals surface area contributed by atoms with Gasteiger partial charge in [-0.2, -0.15) is 0 Å². The molecule has 1 aromatic heterocycles. The zero-order valence-corrected chi connectivity index (χ0v) is 10.3. The summed E-state index contributed by atoms with van der Waals surface area (Å²) in [7, 11) is 0. The topological polar surface area (TPSA) is 71.2 Å². The SMILES string of the molecule is Cc1ccc(CN)c(NC2CCC(O)CC2)n1. The van der Waals surface area contributed by atoms with Gasteiger partial charge in [0.25, 0.3) is 0 Å². The number of hydrogen-bond acceptors (Lipinski definition) is 4. The summed E-state index contributed by atoms with van der Waals surface area (Å²) >= 11 is 0. The normalized spacial score (nSPS) is 24.6. The van der Waals surface area contributed by atoms with E-state index in [0.29, 0.717) is 12.6 Å². The molecule has 17 heavy (non-hydrogen) atoms. The molecule has 1 saturated carbocycles. The van der Waals surface area contributed by atoms with Crippen LogP contribution in [0.3, 0.4) is 0 Å². The molecule has 2 rings (SSSR count). The number of nitrogens with zero attached hydrogens (tertiary/aromatic N) is 1. The maximum absolute atomic E-state index is 9.47. The van der Waals surface area contributed by atoms with Crippen LogP contribution in [0.25, 0.3) is 0 Å². The molecule has 0 saturated heterocycles. The summed E-state index contributed by atoms with van der Waals surface area (Å²) in [5, 5.41) is 12.9. The van der Waals surface area contributed by atoms with Gasteiger partial charge in [0.1, 0.15) is 5.82 Å². The van der Waals surface area contributed by atoms with Gasteiger partial charge < -0.3 is 16.2 Å². The van der Waals surface area contributed by atoms with Crippen molar-refractivity contribution in [1.29, 1.82) is 0 Å². The van der Waals surface area contributed by atoms with Crippen LogP contribution in [0.15, 0.2) is 12.1 Å². The maximum Gasteiger partial charge on any atom is 0.130 e. The summed E-state index contributed by atoms with van der Waals surface area (Å²) < 4.78 is 0. The Balaban J connectivity index is 2.04. The van der Waals surface area contributed by atoms with Crippen LogP contribution in [0.4, 0.5) is 5.82 Å². The largest absolute Gasteiger partial charge is 0.393 e. The molecule has 94 valence electrons. The molecule has 0 amide bonds. The third-order valence-electron chi connectivity index (χ3n) is 3.38. The number of hydrogen-bond donors (Lipinski definition) is 3. The molecular formula is C13H21N3O. The number of aromatic nitrogens is 1. The molecule has 1 fully saturated rings. The van der Waals surface area contributed by atoms with Crippen LogP contribution in [-0.2, 0) is 6.54 Å². The number of aliphatic hydroxyl groups is 1. The van der Waals surface area contributed by atoms with E-state index in [-0.39, 0.29) is 6.10 Å². The number of anilines is 1. The predicted octanol–water partition coefficient (Wildman–Crippen LogP) is 1.56. The maximum atomic E-state index is 9.47. The first-order valence-electron chi connectivity index (χ1n) is 6.30. The van der Waals surface area contributed by atoms with Crippen LogP contribution in [-0.4, -0.2) is 22.2 Å². The second-order valence-corrected chi connectivity index (χ2v) is 4.81. The highest BCUT2D eigenvalue weighted by atomic mass is 16.3. The molecule has 4 heteroatoms. The standard InChI is InChI=1S/C13H21N3O/c1-9-2-3-10(8-14)13(15-9)16-11-4-6-12(17)7-5-11/h2-3,11-12,17H,4-8,14H2,1H3,(H,15,16). The number of pyridine rings is 1. The van der Waals surface area contributed by atoms with Gasteiger partial charge in [0.05, 0.1) is 6.10 Å². The molecule has 0 aliphatic heterocycles. The Kier molecular flexibility index (Phi) is 3.97. The molecule has 0 spiro atoms. The second-order valence-electron chi connectivity index (χ2n) is 4.81. The molecule has 0 atom stereocenters. The Hall–Kier alpha value is -1.13. The number of nitrogens with one attached hydrogen (secondary N) is 1. The van der Waals surface area contributed by atoms with Crippen molar-refractivity contribution >= 4 is 5.82 Å². The minimum Gasteiger partial charge on any atom is -0.393 e. The molecular weight excluding hydrogens is 214 g/mol. The van der Waals surface area contributed by atoms with Crippen molar-refractivity contribution in [3.8, 4) is 0 Å². The molecule has 1 aliphatic carbocycles. The average Bonchev–Trinajstić information content (AvgIpc) is 2.32. The summed E-state index contributed by atoms with van der Waals surface area (Å²) in [6, 6.07) is 4.43. The summed E-state index contributed by atoms with van der Waals surface area (Å²) in [4.78, 5) is 4.50. The van der Waals surface area contributed by atoms with E-state index >= 15 is 0 Å². The van der Waals surface area contributed by atoms with Gasteiger partial charge in [-0.15, -0.1) is 0 Å². The van der Waals surface area contributed by atoms with Crippen LogP contribution in [0.5, 0.6) is 0 Å². The van der Waals surface area contributed by atoms with E-state index in [1.165, 1.54) is 0 Å². The number of nitrogens with two attached hydrogens (primary N) is 1. The van der Waals surface area contributed by atoms with Gasteiger partial charge in [-0.1, -0.05) is 6.07 Å². The number of aryl methyl sites for hydroxylation is 1. The van der Waals surface area contributed by atoms with Crippen LogP contribution >= 0.6 is 0 Å². The number of rotatable bonds is 3. The molecule has 1 heterocycles. The van der Waals surface area contributed by atoms with Crippen molar-refractivity contribution in [1.82, 2.24) is 4.98 Å². The Morgan fingerprint density at radius 3 is 2.71 bits per heavy atom. The lowest BCUT2D eigenvalue weighted by Gasteiger charge is -2.27. The Labute approximate surface area is 102 Å². The lowest BCUT2D eigenvalue weighted by atomic mass is 9.93. The van der Waals surface area contributed by atoms with E-state index in [1.807, 2.05) is 19.1 Å². The van der Waals surface area contributed by atoms with Crippen molar-refractivity contribution in [2.24, 2.45) is 5.73 Å². The highest BCUT2D eigenvalue weighted by molar-refractivity contribution is 5.45. The highest BCUT2D eigenvalue weighted by Crippen LogP contribution is 2.23. The monoisotopic (exact) mass is 235 g/mol. The lowest BCUT2D eigenvalue weighted by molar-refractivity contribution is 0.126. The molecule has 0 bridgehead atoms. The Morgan fingerprint density at radius 2 is 2.06 bits per heavy atom. The first-order valence-corrected chi connectivity index (χ1v) is 6.30. The number of aliphatic hydroxyl groups excluding tert-OH is 1. The zero-order valence-electron chi connectivity index (χ0n) is 10.3. The van der Waals surface area contributed by atoms with Gasteiger partial charge in [-0.05, 0) is 38.7 Å². The Bertz CT molecular complexity index is 373. The van der Waals surface area contributed by atoms with E-state index in [1.54, 1.807) is 0 Å². The highest BCUT2D eigenvalue weighted by Gasteiger charge is 2.20. The minimum atomic E-state index is -0.118. The van der Waals surface area contributed by atoms with Gasteiger partial charge in [-0.25, -0.2) is 4.98 Å². The first kappa shape index (κ1) is 12.3. The van der Waals surface area contributed by atoms with Gasteiger partial charge in [-0.3, -0.25) is 0 Å². The molecule has 0 unspecified atom stereocenters. The molecule has 1 aliphatic rings. The third kappa shape index (κ3) is 3.17. The fourth-order valence-electron chi connectivity index (χ4n) is 2.29. The van der Waals surface area contributed by atoms with Crippen molar-refractivity contribution in [2.75, 3.05) is 5.32 Å². The van der Waals surface area contributed by atoms with Gasteiger partial charge in [0.15, 0.2) is 0 Å². The quantitative estimate of drug-likeness (QED) is 0.743. The predicted molar refractivity (Wildman–Crippen MR) is 68.8 cm³/mol. The van der Waals surface area contributed by atoms with Gasteiger partial charge in [0, 0.05) is 23.8 Å². The van der Waals surface area contributed by atoms with E-state index in [9.17, 15) is 5.11 Å². The van der Waals surface area contributed by atoms with E-state index < -0.39 is 0 Å². The van der Waals surface area contributed by atoms with E-state index in [4.69, 9.17) is 5.73 Å². The molecule has 4 N–H and O–H groups in total. The third-order valence-corrected chi connectivity index (χ3v) is 3.38. The Morgan fingerprint density at radius 1 is 1.35 bits per heavy atom. The second kappa shape index (κ2) is 5.47. The summed E-state index contributed by atoms with van der Waals surface area (Å²) in [5.41, 5.74) is 7.77. The van der Waals surface area contributed by atoms with Crippen LogP contribution < -0.4 is 11.1 Å². The minimum absolute atomic E-state index is 0.118. The van der Waals surface area contributed by atoms with Crippen LogP contribution in [0.1, 0.15) is 36.9 Å². The summed E-state index contributed by atoms with van der Waals surface area (Å²) in [6.45, 7) is 2.49. The van der Waals surface area contributed by atoms with Crippen molar-refractivity contribution in [3.63, 3.8) is 0 Å². The van der Waals surface area contributed by atoms with Crippen molar-refractivity contribution in [3.05, 3.63) is 23.4 Å². The molecule has 1 aromatic rings. The molecule has 4 nitrogen and oxygen atoms in total. The van der Waals surface area contributed by atoms with Crippen LogP contribution in [0, 0.1) is 6.92 Å². The fourth-order valence-corrected chi connectivity index (χ4v) is 2.29. The van der Waals surface area contributed by atoms with E-state index in [0.717, 1.165) is 42.8 Å². The summed E-state index contributed by atoms with van der Waals surface area (Å²) in [5.74, 6) is 0.911. The summed E-state index contributed by atoms with van der Waals surface area (Å²) in [6.07, 6.45) is 3.64.